The van der Waals surface area contributed by atoms with Gasteiger partial charge in [-0.15, -0.1) is 0 Å². The van der Waals surface area contributed by atoms with E-state index in [2.05, 4.69) is 41.9 Å². The Morgan fingerprint density at radius 2 is 2.26 bits per heavy atom. The Morgan fingerprint density at radius 3 is 2.84 bits per heavy atom. The summed E-state index contributed by atoms with van der Waals surface area (Å²) >= 11 is 0. The van der Waals surface area contributed by atoms with Gasteiger partial charge in [-0.3, -0.25) is 4.68 Å². The lowest BCUT2D eigenvalue weighted by molar-refractivity contribution is 0.148. The summed E-state index contributed by atoms with van der Waals surface area (Å²) < 4.78 is 7.82. The third kappa shape index (κ3) is 3.37. The van der Waals surface area contributed by atoms with Crippen LogP contribution in [0.25, 0.3) is 0 Å². The third-order valence-electron chi connectivity index (χ3n) is 4.07. The van der Waals surface area contributed by atoms with E-state index in [1.165, 1.54) is 11.4 Å². The lowest BCUT2D eigenvalue weighted by Gasteiger charge is -2.27. The van der Waals surface area contributed by atoms with Crippen molar-refractivity contribution in [3.8, 4) is 0 Å². The number of nitrogens with zero attached hydrogens (tertiary/aromatic N) is 2. The van der Waals surface area contributed by atoms with Gasteiger partial charge in [0.2, 0.25) is 0 Å². The van der Waals surface area contributed by atoms with E-state index < -0.39 is 0 Å². The molecule has 0 aliphatic carbocycles. The molecule has 1 aromatic heterocycles. The number of hydrogen-bond donors (Lipinski definition) is 1. The van der Waals surface area contributed by atoms with Crippen LogP contribution in [0.1, 0.15) is 38.6 Å². The Morgan fingerprint density at radius 1 is 1.42 bits per heavy atom. The first kappa shape index (κ1) is 14.5. The summed E-state index contributed by atoms with van der Waals surface area (Å²) in [7, 11) is 0. The maximum Gasteiger partial charge on any atom is 0.0624 e. The molecule has 0 amide bonds. The number of nitrogens with one attached hydrogen (secondary N) is 1. The molecule has 1 saturated heterocycles. The normalized spacial score (nSPS) is 23.1. The smallest absolute Gasteiger partial charge is 0.0624 e. The van der Waals surface area contributed by atoms with Gasteiger partial charge >= 0.3 is 0 Å². The monoisotopic (exact) mass is 265 g/mol. The molecule has 1 atom stereocenters. The average Bonchev–Trinajstić information content (AvgIpc) is 3.04. The molecule has 1 aliphatic heterocycles. The molecule has 1 fully saturated rings. The minimum absolute atomic E-state index is 0.258. The SMILES string of the molecule is CCNCC1(Cc2cc(CC)nn2CC)CCOC1. The number of rotatable bonds is 7. The van der Waals surface area contributed by atoms with Crippen LogP contribution >= 0.6 is 0 Å². The van der Waals surface area contributed by atoms with Crippen LogP contribution in [-0.4, -0.2) is 36.1 Å². The largest absolute Gasteiger partial charge is 0.381 e. The van der Waals surface area contributed by atoms with E-state index in [1.807, 2.05) is 0 Å². The Labute approximate surface area is 116 Å². The first-order chi connectivity index (χ1) is 9.23. The van der Waals surface area contributed by atoms with Gasteiger partial charge in [0.05, 0.1) is 12.3 Å². The van der Waals surface area contributed by atoms with Crippen LogP contribution in [0.4, 0.5) is 0 Å². The molecule has 0 spiro atoms. The second-order valence-corrected chi connectivity index (χ2v) is 5.56. The molecule has 1 aliphatic rings. The molecule has 2 heterocycles. The second-order valence-electron chi connectivity index (χ2n) is 5.56. The molecule has 1 N–H and O–H groups in total. The highest BCUT2D eigenvalue weighted by atomic mass is 16.5. The van der Waals surface area contributed by atoms with Crippen molar-refractivity contribution in [2.24, 2.45) is 5.41 Å². The zero-order chi connectivity index (χ0) is 13.7. The molecule has 1 aromatic rings. The molecule has 4 nitrogen and oxygen atoms in total. The Bertz CT molecular complexity index is 394. The van der Waals surface area contributed by atoms with Crippen molar-refractivity contribution in [1.29, 1.82) is 0 Å². The number of hydrogen-bond acceptors (Lipinski definition) is 3. The Balaban J connectivity index is 2.14. The molecular weight excluding hydrogens is 238 g/mol. The highest BCUT2D eigenvalue weighted by Crippen LogP contribution is 2.32. The maximum absolute atomic E-state index is 5.67. The summed E-state index contributed by atoms with van der Waals surface area (Å²) in [5, 5.41) is 8.16. The lowest BCUT2D eigenvalue weighted by atomic mass is 9.82. The van der Waals surface area contributed by atoms with E-state index in [1.54, 1.807) is 0 Å². The number of aryl methyl sites for hydroxylation is 2. The highest BCUT2D eigenvalue weighted by molar-refractivity contribution is 5.13. The number of ether oxygens (including phenoxy) is 1. The summed E-state index contributed by atoms with van der Waals surface area (Å²) in [5.74, 6) is 0. The standard InChI is InChI=1S/C15H27N3O/c1-4-13-9-14(18(6-3)17-13)10-15(11-16-5-2)7-8-19-12-15/h9,16H,4-8,10-12H2,1-3H3. The molecule has 108 valence electrons. The number of aromatic nitrogens is 2. The topological polar surface area (TPSA) is 39.1 Å². The van der Waals surface area contributed by atoms with Crippen LogP contribution in [-0.2, 0) is 24.1 Å². The third-order valence-corrected chi connectivity index (χ3v) is 4.07. The fraction of sp³-hybridized carbons (Fsp3) is 0.800. The van der Waals surface area contributed by atoms with Crippen LogP contribution < -0.4 is 5.32 Å². The maximum atomic E-state index is 5.67. The highest BCUT2D eigenvalue weighted by Gasteiger charge is 2.35. The van der Waals surface area contributed by atoms with Crippen molar-refractivity contribution in [3.63, 3.8) is 0 Å². The lowest BCUT2D eigenvalue weighted by Crippen LogP contribution is -2.37. The van der Waals surface area contributed by atoms with Crippen molar-refractivity contribution < 1.29 is 4.74 Å². The fourth-order valence-electron chi connectivity index (χ4n) is 2.87. The van der Waals surface area contributed by atoms with E-state index in [4.69, 9.17) is 4.74 Å². The van der Waals surface area contributed by atoms with Gasteiger partial charge in [-0.05, 0) is 38.8 Å². The first-order valence-corrected chi connectivity index (χ1v) is 7.57. The van der Waals surface area contributed by atoms with E-state index in [0.29, 0.717) is 0 Å². The van der Waals surface area contributed by atoms with Crippen LogP contribution in [0.2, 0.25) is 0 Å². The van der Waals surface area contributed by atoms with Crippen molar-refractivity contribution in [2.45, 2.75) is 46.6 Å². The fourth-order valence-corrected chi connectivity index (χ4v) is 2.87. The van der Waals surface area contributed by atoms with Gasteiger partial charge in [-0.25, -0.2) is 0 Å². The minimum atomic E-state index is 0.258. The van der Waals surface area contributed by atoms with Gasteiger partial charge in [0.15, 0.2) is 0 Å². The summed E-state index contributed by atoms with van der Waals surface area (Å²) in [4.78, 5) is 0. The molecule has 1 unspecified atom stereocenters. The quantitative estimate of drug-likeness (QED) is 0.820. The van der Waals surface area contributed by atoms with E-state index in [0.717, 1.165) is 52.1 Å². The molecule has 19 heavy (non-hydrogen) atoms. The summed E-state index contributed by atoms with van der Waals surface area (Å²) in [6.07, 6.45) is 3.23. The minimum Gasteiger partial charge on any atom is -0.381 e. The van der Waals surface area contributed by atoms with Crippen LogP contribution in [0.5, 0.6) is 0 Å². The van der Waals surface area contributed by atoms with Crippen molar-refractivity contribution >= 4 is 0 Å². The van der Waals surface area contributed by atoms with Crippen molar-refractivity contribution in [3.05, 3.63) is 17.5 Å². The molecule has 0 aromatic carbocycles. The molecule has 2 rings (SSSR count). The Hall–Kier alpha value is -0.870. The second kappa shape index (κ2) is 6.53. The zero-order valence-electron chi connectivity index (χ0n) is 12.5. The molecule has 0 saturated carbocycles. The van der Waals surface area contributed by atoms with Crippen LogP contribution in [0, 0.1) is 5.41 Å². The van der Waals surface area contributed by atoms with Crippen LogP contribution in [0.15, 0.2) is 6.07 Å². The van der Waals surface area contributed by atoms with Gasteiger partial charge in [-0.1, -0.05) is 13.8 Å². The molecule has 4 heteroatoms. The molecule has 0 bridgehead atoms. The van der Waals surface area contributed by atoms with Gasteiger partial charge in [-0.2, -0.15) is 5.10 Å². The van der Waals surface area contributed by atoms with Gasteiger partial charge in [0, 0.05) is 30.8 Å². The van der Waals surface area contributed by atoms with Gasteiger partial charge in [0.25, 0.3) is 0 Å². The van der Waals surface area contributed by atoms with Gasteiger partial charge < -0.3 is 10.1 Å². The first-order valence-electron chi connectivity index (χ1n) is 7.57. The van der Waals surface area contributed by atoms with Crippen molar-refractivity contribution in [1.82, 2.24) is 15.1 Å². The molecular formula is C15H27N3O. The average molecular weight is 265 g/mol. The van der Waals surface area contributed by atoms with E-state index >= 15 is 0 Å². The van der Waals surface area contributed by atoms with Gasteiger partial charge in [0.1, 0.15) is 0 Å². The van der Waals surface area contributed by atoms with Crippen molar-refractivity contribution in [2.75, 3.05) is 26.3 Å². The molecule has 0 radical (unpaired) electrons. The summed E-state index contributed by atoms with van der Waals surface area (Å²) in [6.45, 7) is 11.3. The predicted molar refractivity (Wildman–Crippen MR) is 77.4 cm³/mol. The summed E-state index contributed by atoms with van der Waals surface area (Å²) in [5.41, 5.74) is 2.82. The zero-order valence-corrected chi connectivity index (χ0v) is 12.5. The Kier molecular flexibility index (Phi) is 4.99. The summed E-state index contributed by atoms with van der Waals surface area (Å²) in [6, 6.07) is 2.27. The van der Waals surface area contributed by atoms with Crippen LogP contribution in [0.3, 0.4) is 0 Å². The predicted octanol–water partition coefficient (Wildman–Crippen LogP) is 2.02. The van der Waals surface area contributed by atoms with E-state index in [-0.39, 0.29) is 5.41 Å². The van der Waals surface area contributed by atoms with E-state index in [9.17, 15) is 0 Å².